The quantitative estimate of drug-likeness (QED) is 0.398. The monoisotopic (exact) mass is 408 g/mol. The molecule has 0 saturated carbocycles. The van der Waals surface area contributed by atoms with Crippen molar-refractivity contribution in [3.8, 4) is 11.8 Å². The summed E-state index contributed by atoms with van der Waals surface area (Å²) in [6.07, 6.45) is 0.124. The minimum atomic E-state index is -3.86. The Bertz CT molecular complexity index is 1030. The van der Waals surface area contributed by atoms with Crippen LogP contribution in [0.1, 0.15) is 17.5 Å². The zero-order chi connectivity index (χ0) is 19.9. The average molecular weight is 408 g/mol. The van der Waals surface area contributed by atoms with Gasteiger partial charge in [0.05, 0.1) is 16.4 Å². The van der Waals surface area contributed by atoms with Gasteiger partial charge in [-0.15, -0.1) is 0 Å². The largest absolute Gasteiger partial charge is 0.297 e. The summed E-state index contributed by atoms with van der Waals surface area (Å²) in [7, 11) is -7.69. The van der Waals surface area contributed by atoms with Gasteiger partial charge in [-0.25, -0.2) is 0 Å². The minimum absolute atomic E-state index is 0.0578. The van der Waals surface area contributed by atoms with Crippen molar-refractivity contribution in [2.45, 2.75) is 30.1 Å². The van der Waals surface area contributed by atoms with Crippen LogP contribution in [0, 0.1) is 25.7 Å². The van der Waals surface area contributed by atoms with E-state index in [9.17, 15) is 16.8 Å². The lowest BCUT2D eigenvalue weighted by Crippen LogP contribution is -2.07. The first-order valence-electron chi connectivity index (χ1n) is 8.09. The number of hydrogen-bond acceptors (Lipinski definition) is 6. The second kappa shape index (κ2) is 9.15. The molecule has 2 aromatic carbocycles. The van der Waals surface area contributed by atoms with Crippen LogP contribution in [-0.2, 0) is 28.6 Å². The minimum Gasteiger partial charge on any atom is -0.265 e. The van der Waals surface area contributed by atoms with Crippen LogP contribution in [0.2, 0.25) is 0 Å². The topological polar surface area (TPSA) is 86.7 Å². The van der Waals surface area contributed by atoms with Crippen LogP contribution in [0.15, 0.2) is 58.3 Å². The number of benzene rings is 2. The third kappa shape index (κ3) is 6.48. The van der Waals surface area contributed by atoms with E-state index in [1.54, 1.807) is 24.3 Å². The molecule has 144 valence electrons. The van der Waals surface area contributed by atoms with Crippen LogP contribution in [0.5, 0.6) is 0 Å². The second-order valence-electron chi connectivity index (χ2n) is 5.72. The fourth-order valence-corrected chi connectivity index (χ4v) is 3.72. The van der Waals surface area contributed by atoms with Gasteiger partial charge in [-0.2, -0.15) is 16.8 Å². The van der Waals surface area contributed by atoms with Gasteiger partial charge in [0, 0.05) is 6.42 Å². The van der Waals surface area contributed by atoms with E-state index in [1.165, 1.54) is 24.3 Å². The molecule has 27 heavy (non-hydrogen) atoms. The molecule has 0 amide bonds. The summed E-state index contributed by atoms with van der Waals surface area (Å²) in [4.78, 5) is 0.135. The van der Waals surface area contributed by atoms with Crippen LogP contribution in [0.4, 0.5) is 0 Å². The van der Waals surface area contributed by atoms with Gasteiger partial charge in [-0.05, 0) is 38.1 Å². The normalized spacial score (nSPS) is 11.6. The highest BCUT2D eigenvalue weighted by Crippen LogP contribution is 2.14. The molecule has 0 aliphatic rings. The van der Waals surface area contributed by atoms with Gasteiger partial charge in [-0.3, -0.25) is 8.37 Å². The van der Waals surface area contributed by atoms with Crippen LogP contribution >= 0.6 is 0 Å². The molecule has 0 bridgehead atoms. The van der Waals surface area contributed by atoms with Crippen molar-refractivity contribution in [2.24, 2.45) is 0 Å². The number of rotatable bonds is 7. The Morgan fingerprint density at radius 2 is 1.15 bits per heavy atom. The zero-order valence-electron chi connectivity index (χ0n) is 15.0. The molecular formula is C19H20O6S2. The first-order chi connectivity index (χ1) is 12.7. The van der Waals surface area contributed by atoms with E-state index in [0.29, 0.717) is 0 Å². The maximum atomic E-state index is 12.0. The lowest BCUT2D eigenvalue weighted by Gasteiger charge is -2.04. The van der Waals surface area contributed by atoms with Gasteiger partial charge in [-0.1, -0.05) is 47.2 Å². The summed E-state index contributed by atoms with van der Waals surface area (Å²) in [6.45, 7) is 3.26. The van der Waals surface area contributed by atoms with Gasteiger partial charge in [0.25, 0.3) is 20.2 Å². The lowest BCUT2D eigenvalue weighted by molar-refractivity contribution is 0.326. The molecule has 0 aromatic heterocycles. The molecule has 0 unspecified atom stereocenters. The molecule has 2 aromatic rings. The number of hydrogen-bond donors (Lipinski definition) is 0. The summed E-state index contributed by atoms with van der Waals surface area (Å²) in [5.41, 5.74) is 1.88. The van der Waals surface area contributed by atoms with E-state index < -0.39 is 20.2 Å². The maximum Gasteiger partial charge on any atom is 0.297 e. The fourth-order valence-electron chi connectivity index (χ4n) is 1.99. The Morgan fingerprint density at radius 3 is 1.63 bits per heavy atom. The van der Waals surface area contributed by atoms with Crippen molar-refractivity contribution in [3.05, 3.63) is 59.7 Å². The van der Waals surface area contributed by atoms with E-state index in [4.69, 9.17) is 8.37 Å². The molecule has 0 aliphatic heterocycles. The Labute approximate surface area is 160 Å². The predicted molar refractivity (Wildman–Crippen MR) is 101 cm³/mol. The molecule has 6 nitrogen and oxygen atoms in total. The fraction of sp³-hybridized carbons (Fsp3) is 0.263. The van der Waals surface area contributed by atoms with Gasteiger partial charge < -0.3 is 0 Å². The second-order valence-corrected chi connectivity index (χ2v) is 8.95. The van der Waals surface area contributed by atoms with E-state index in [0.717, 1.165) is 11.1 Å². The van der Waals surface area contributed by atoms with Crippen molar-refractivity contribution >= 4 is 20.2 Å². The predicted octanol–water partition coefficient (Wildman–Crippen LogP) is 2.81. The van der Waals surface area contributed by atoms with Crippen molar-refractivity contribution in [1.29, 1.82) is 0 Å². The molecule has 0 fully saturated rings. The summed E-state index contributed by atoms with van der Waals surface area (Å²) in [5, 5.41) is 0. The molecule has 0 heterocycles. The summed E-state index contributed by atoms with van der Waals surface area (Å²) in [6, 6.07) is 12.6. The Kier molecular flexibility index (Phi) is 7.16. The van der Waals surface area contributed by atoms with Crippen LogP contribution in [0.25, 0.3) is 0 Å². The maximum absolute atomic E-state index is 12.0. The van der Waals surface area contributed by atoms with E-state index >= 15 is 0 Å². The molecule has 0 atom stereocenters. The average Bonchev–Trinajstić information content (AvgIpc) is 2.61. The van der Waals surface area contributed by atoms with Crippen molar-refractivity contribution in [1.82, 2.24) is 0 Å². The standard InChI is InChI=1S/C19H20O6S2/c1-16-6-10-18(11-7-16)26(20,21)24-14-4-3-5-15-25-27(22,23)19-12-8-17(2)9-13-19/h6-13H,4,14-15H2,1-2H3. The molecule has 2 rings (SSSR count). The summed E-state index contributed by atoms with van der Waals surface area (Å²) >= 11 is 0. The SMILES string of the molecule is Cc1ccc(S(=O)(=O)OCC#CCCOS(=O)(=O)c2ccc(C)cc2)cc1. The molecule has 0 radical (unpaired) electrons. The van der Waals surface area contributed by atoms with Gasteiger partial charge in [0.1, 0.15) is 6.61 Å². The molecular weight excluding hydrogens is 388 g/mol. The Balaban J connectivity index is 1.79. The van der Waals surface area contributed by atoms with E-state index in [1.807, 2.05) is 13.8 Å². The highest BCUT2D eigenvalue weighted by Gasteiger charge is 2.14. The third-order valence-corrected chi connectivity index (χ3v) is 6.10. The van der Waals surface area contributed by atoms with Crippen molar-refractivity contribution < 1.29 is 25.2 Å². The Hall–Kier alpha value is -2.18. The highest BCUT2D eigenvalue weighted by atomic mass is 32.2. The lowest BCUT2D eigenvalue weighted by atomic mass is 10.2. The van der Waals surface area contributed by atoms with Crippen molar-refractivity contribution in [2.75, 3.05) is 13.2 Å². The molecule has 0 saturated heterocycles. The number of aryl methyl sites for hydroxylation is 2. The molecule has 0 spiro atoms. The third-order valence-electron chi connectivity index (χ3n) is 3.50. The smallest absolute Gasteiger partial charge is 0.265 e. The first kappa shape index (κ1) is 21.1. The van der Waals surface area contributed by atoms with Crippen LogP contribution in [-0.4, -0.2) is 30.0 Å². The highest BCUT2D eigenvalue weighted by molar-refractivity contribution is 7.87. The molecule has 8 heteroatoms. The summed E-state index contributed by atoms with van der Waals surface area (Å²) in [5.74, 6) is 5.15. The van der Waals surface area contributed by atoms with Gasteiger partial charge >= 0.3 is 0 Å². The summed E-state index contributed by atoms with van der Waals surface area (Å²) < 4.78 is 57.6. The van der Waals surface area contributed by atoms with Gasteiger partial charge in [0.2, 0.25) is 0 Å². The van der Waals surface area contributed by atoms with Crippen LogP contribution < -0.4 is 0 Å². The molecule has 0 N–H and O–H groups in total. The first-order valence-corrected chi connectivity index (χ1v) is 10.9. The Morgan fingerprint density at radius 1 is 0.704 bits per heavy atom. The zero-order valence-corrected chi connectivity index (χ0v) is 16.6. The van der Waals surface area contributed by atoms with Crippen molar-refractivity contribution in [3.63, 3.8) is 0 Å². The molecule has 0 aliphatic carbocycles. The van der Waals surface area contributed by atoms with Crippen LogP contribution in [0.3, 0.4) is 0 Å². The van der Waals surface area contributed by atoms with Gasteiger partial charge in [0.15, 0.2) is 0 Å². The van der Waals surface area contributed by atoms with E-state index in [2.05, 4.69) is 11.8 Å². The van der Waals surface area contributed by atoms with E-state index in [-0.39, 0.29) is 29.4 Å².